The minimum atomic E-state index is -0.151. The number of carbonyl (C=O) groups is 1. The first kappa shape index (κ1) is 18.3. The molecule has 1 saturated carbocycles. The monoisotopic (exact) mass is 425 g/mol. The molecule has 1 heterocycles. The molecule has 25 heavy (non-hydrogen) atoms. The summed E-state index contributed by atoms with van der Waals surface area (Å²) < 4.78 is 8.22. The van der Waals surface area contributed by atoms with Crippen LogP contribution in [-0.2, 0) is 16.6 Å². The van der Waals surface area contributed by atoms with Crippen molar-refractivity contribution in [1.82, 2.24) is 20.2 Å². The van der Waals surface area contributed by atoms with Crippen molar-refractivity contribution >= 4 is 39.3 Å². The molecule has 2 aromatic rings. The highest BCUT2D eigenvalue weighted by atomic mass is 79.9. The topological polar surface area (TPSA) is 81.9 Å². The number of benzene rings is 1. The Labute approximate surface area is 159 Å². The average molecular weight is 426 g/mol. The average Bonchev–Trinajstić information content (AvgIpc) is 3.01. The number of ether oxygens (including phenoxy) is 1. The Hall–Kier alpha value is -1.45. The van der Waals surface area contributed by atoms with Gasteiger partial charge in [-0.25, -0.2) is 4.68 Å². The summed E-state index contributed by atoms with van der Waals surface area (Å²) in [5.74, 6) is -0.151. The van der Waals surface area contributed by atoms with Crippen LogP contribution in [0.15, 0.2) is 32.7 Å². The maximum absolute atomic E-state index is 12.3. The van der Waals surface area contributed by atoms with Gasteiger partial charge in [-0.2, -0.15) is 0 Å². The highest BCUT2D eigenvalue weighted by Gasteiger charge is 2.16. The minimum Gasteiger partial charge on any atom is -0.368 e. The lowest BCUT2D eigenvalue weighted by atomic mass is 9.98. The van der Waals surface area contributed by atoms with E-state index in [9.17, 15) is 4.79 Å². The number of hydrogen-bond acceptors (Lipinski definition) is 6. The van der Waals surface area contributed by atoms with E-state index >= 15 is 0 Å². The number of aromatic nitrogens is 4. The van der Waals surface area contributed by atoms with Gasteiger partial charge in [-0.1, -0.05) is 35.2 Å². The molecule has 1 aliphatic carbocycles. The fourth-order valence-electron chi connectivity index (χ4n) is 2.71. The fourth-order valence-corrected chi connectivity index (χ4v) is 3.87. The Bertz CT molecular complexity index is 733. The van der Waals surface area contributed by atoms with E-state index in [-0.39, 0.29) is 18.6 Å². The van der Waals surface area contributed by atoms with E-state index in [0.717, 1.165) is 22.2 Å². The maximum Gasteiger partial charge on any atom is 0.250 e. The van der Waals surface area contributed by atoms with Crippen molar-refractivity contribution in [1.29, 1.82) is 0 Å². The van der Waals surface area contributed by atoms with Gasteiger partial charge in [-0.15, -0.1) is 5.10 Å². The van der Waals surface area contributed by atoms with E-state index in [1.54, 1.807) is 11.7 Å². The molecule has 9 heteroatoms. The molecule has 0 atom stereocenters. The van der Waals surface area contributed by atoms with Crippen LogP contribution in [0.2, 0.25) is 0 Å². The summed E-state index contributed by atoms with van der Waals surface area (Å²) in [6.07, 6.45) is 5.94. The molecule has 0 saturated heterocycles. The third-order valence-electron chi connectivity index (χ3n) is 4.00. The van der Waals surface area contributed by atoms with Gasteiger partial charge in [-0.3, -0.25) is 4.79 Å². The third kappa shape index (κ3) is 5.26. The second-order valence-electron chi connectivity index (χ2n) is 5.95. The smallest absolute Gasteiger partial charge is 0.250 e. The minimum absolute atomic E-state index is 0.0762. The molecule has 0 bridgehead atoms. The zero-order valence-corrected chi connectivity index (χ0v) is 16.3. The van der Waals surface area contributed by atoms with Crippen LogP contribution in [0.1, 0.15) is 32.1 Å². The number of anilines is 1. The number of hydrogen-bond donors (Lipinski definition) is 1. The van der Waals surface area contributed by atoms with Crippen molar-refractivity contribution in [3.63, 3.8) is 0 Å². The molecule has 0 radical (unpaired) electrons. The number of amides is 1. The summed E-state index contributed by atoms with van der Waals surface area (Å²) >= 11 is 4.84. The first-order valence-electron chi connectivity index (χ1n) is 8.23. The number of nitrogens with one attached hydrogen (secondary N) is 1. The van der Waals surface area contributed by atoms with Crippen LogP contribution < -0.4 is 5.32 Å². The van der Waals surface area contributed by atoms with E-state index in [1.165, 1.54) is 31.0 Å². The molecule has 1 aromatic carbocycles. The van der Waals surface area contributed by atoms with Gasteiger partial charge in [0.2, 0.25) is 11.1 Å². The van der Waals surface area contributed by atoms with Crippen molar-refractivity contribution in [3.05, 3.63) is 22.7 Å². The molecule has 1 aliphatic rings. The van der Waals surface area contributed by atoms with Crippen LogP contribution in [0.4, 0.5) is 5.69 Å². The lowest BCUT2D eigenvalue weighted by Gasteiger charge is -2.21. The highest BCUT2D eigenvalue weighted by Crippen LogP contribution is 2.33. The molecule has 3 rings (SSSR count). The Morgan fingerprint density at radius 3 is 2.92 bits per heavy atom. The maximum atomic E-state index is 12.3. The second kappa shape index (κ2) is 8.77. The number of carbonyl (C=O) groups excluding carboxylic acids is 1. The molecule has 0 spiro atoms. The van der Waals surface area contributed by atoms with Crippen molar-refractivity contribution < 1.29 is 9.53 Å². The second-order valence-corrected chi connectivity index (χ2v) is 7.87. The van der Waals surface area contributed by atoms with Gasteiger partial charge < -0.3 is 10.1 Å². The van der Waals surface area contributed by atoms with Gasteiger partial charge in [-0.05, 0) is 53.2 Å². The molecule has 1 N–H and O–H groups in total. The summed E-state index contributed by atoms with van der Waals surface area (Å²) in [4.78, 5) is 13.1. The quantitative estimate of drug-likeness (QED) is 0.763. The predicted molar refractivity (Wildman–Crippen MR) is 98.5 cm³/mol. The molecular weight excluding hydrogens is 406 g/mol. The standard InChI is InChI=1S/C16H20BrN5O2S/c1-22-16(19-20-21-22)25-14-8-7-11(17)9-13(14)18-15(23)10-24-12-5-3-2-4-6-12/h7-9,12H,2-6,10H2,1H3,(H,18,23). The summed E-state index contributed by atoms with van der Waals surface area (Å²) in [5.41, 5.74) is 0.708. The molecule has 1 fully saturated rings. The van der Waals surface area contributed by atoms with Crippen LogP contribution in [0.25, 0.3) is 0 Å². The van der Waals surface area contributed by atoms with E-state index in [2.05, 4.69) is 36.8 Å². The Kier molecular flexibility index (Phi) is 6.44. The number of halogens is 1. The van der Waals surface area contributed by atoms with Gasteiger partial charge in [0.05, 0.1) is 11.8 Å². The predicted octanol–water partition coefficient (Wildman–Crippen LogP) is 3.41. The van der Waals surface area contributed by atoms with Gasteiger partial charge in [0, 0.05) is 16.4 Å². The third-order valence-corrected chi connectivity index (χ3v) is 5.60. The summed E-state index contributed by atoms with van der Waals surface area (Å²) in [6, 6.07) is 5.70. The van der Waals surface area contributed by atoms with Gasteiger partial charge >= 0.3 is 0 Å². The van der Waals surface area contributed by atoms with Crippen molar-refractivity contribution in [3.8, 4) is 0 Å². The first-order chi connectivity index (χ1) is 12.1. The van der Waals surface area contributed by atoms with Gasteiger partial charge in [0.1, 0.15) is 6.61 Å². The van der Waals surface area contributed by atoms with E-state index in [0.29, 0.717) is 10.8 Å². The first-order valence-corrected chi connectivity index (χ1v) is 9.84. The van der Waals surface area contributed by atoms with Crippen LogP contribution in [0.3, 0.4) is 0 Å². The number of rotatable bonds is 6. The molecule has 0 aliphatic heterocycles. The number of nitrogens with zero attached hydrogens (tertiary/aromatic N) is 4. The van der Waals surface area contributed by atoms with Crippen molar-refractivity contribution in [2.24, 2.45) is 7.05 Å². The number of tetrazole rings is 1. The Morgan fingerprint density at radius 2 is 2.20 bits per heavy atom. The van der Waals surface area contributed by atoms with Crippen LogP contribution in [-0.4, -0.2) is 38.8 Å². The van der Waals surface area contributed by atoms with Crippen LogP contribution in [0, 0.1) is 0 Å². The lowest BCUT2D eigenvalue weighted by molar-refractivity contribution is -0.123. The van der Waals surface area contributed by atoms with Crippen LogP contribution >= 0.6 is 27.7 Å². The van der Waals surface area contributed by atoms with E-state index < -0.39 is 0 Å². The Morgan fingerprint density at radius 1 is 1.40 bits per heavy atom. The van der Waals surface area contributed by atoms with Crippen molar-refractivity contribution in [2.45, 2.75) is 48.3 Å². The SMILES string of the molecule is Cn1nnnc1Sc1ccc(Br)cc1NC(=O)COC1CCCCC1. The zero-order chi connectivity index (χ0) is 17.6. The van der Waals surface area contributed by atoms with Crippen molar-refractivity contribution in [2.75, 3.05) is 11.9 Å². The summed E-state index contributed by atoms with van der Waals surface area (Å²) in [6.45, 7) is 0.0762. The Balaban J connectivity index is 1.63. The summed E-state index contributed by atoms with van der Waals surface area (Å²) in [7, 11) is 1.78. The molecule has 7 nitrogen and oxygen atoms in total. The lowest BCUT2D eigenvalue weighted by Crippen LogP contribution is -2.25. The van der Waals surface area contributed by atoms with E-state index in [4.69, 9.17) is 4.74 Å². The normalized spacial score (nSPS) is 15.3. The fraction of sp³-hybridized carbons (Fsp3) is 0.500. The largest absolute Gasteiger partial charge is 0.368 e. The van der Waals surface area contributed by atoms with Gasteiger partial charge in [0.15, 0.2) is 0 Å². The summed E-state index contributed by atoms with van der Waals surface area (Å²) in [5, 5.41) is 15.0. The number of aryl methyl sites for hydroxylation is 1. The molecule has 1 aromatic heterocycles. The molecule has 134 valence electrons. The molecular formula is C16H20BrN5O2S. The van der Waals surface area contributed by atoms with E-state index in [1.807, 2.05) is 18.2 Å². The zero-order valence-electron chi connectivity index (χ0n) is 13.9. The highest BCUT2D eigenvalue weighted by molar-refractivity contribution is 9.10. The molecule has 0 unspecified atom stereocenters. The van der Waals surface area contributed by atoms with Crippen LogP contribution in [0.5, 0.6) is 0 Å². The van der Waals surface area contributed by atoms with Gasteiger partial charge in [0.25, 0.3) is 0 Å². The molecule has 1 amide bonds.